The fraction of sp³-hybridized carbons (Fsp3) is 0. The second kappa shape index (κ2) is 21.4. The molecular formula is C84H52N10. The molecule has 0 atom stereocenters. The van der Waals surface area contributed by atoms with Crippen molar-refractivity contribution in [3.63, 3.8) is 0 Å². The van der Waals surface area contributed by atoms with E-state index in [4.69, 9.17) is 29.9 Å². The zero-order chi connectivity index (χ0) is 61.8. The number of hydrogen-bond acceptors (Lipinski definition) is 6. The van der Waals surface area contributed by atoms with Gasteiger partial charge in [0, 0.05) is 76.7 Å². The van der Waals surface area contributed by atoms with Gasteiger partial charge in [-0.1, -0.05) is 261 Å². The van der Waals surface area contributed by atoms with Gasteiger partial charge in [-0.15, -0.1) is 0 Å². The van der Waals surface area contributed by atoms with Crippen molar-refractivity contribution in [3.8, 4) is 91.1 Å². The standard InChI is InChI=1S/C84H52N10/c1-5-24-53(25-6-1)79-85-80(54-26-7-2-8-27-54)88-83(87-79)93-73-44-19-15-40-65(73)69-48-46-67-63-38-13-17-42-71(63)91(75(67)77(69)93)61-36-22-34-59(51-61)57-32-21-33-58(50-57)60-35-23-37-62(52-60)92-72-43-18-14-39-64(72)68-47-49-70-66-41-16-20-45-74(66)94(78(70)76(68)92)84-89-81(55-28-9-3-10-29-55)86-82(90-84)56-30-11-4-12-31-56/h1-52H. The van der Waals surface area contributed by atoms with E-state index in [1.807, 2.05) is 72.8 Å². The normalized spacial score (nSPS) is 11.8. The highest BCUT2D eigenvalue weighted by atomic mass is 15.2. The molecule has 10 nitrogen and oxygen atoms in total. The number of nitrogens with zero attached hydrogens (tertiary/aromatic N) is 10. The summed E-state index contributed by atoms with van der Waals surface area (Å²) in [6.07, 6.45) is 0. The Bertz CT molecular complexity index is 5730. The van der Waals surface area contributed by atoms with Crippen LogP contribution in [0.15, 0.2) is 315 Å². The highest BCUT2D eigenvalue weighted by Crippen LogP contribution is 2.45. The van der Waals surface area contributed by atoms with Crippen LogP contribution >= 0.6 is 0 Å². The third-order valence-corrected chi connectivity index (χ3v) is 18.5. The molecule has 0 unspecified atom stereocenters. The van der Waals surface area contributed by atoms with Crippen LogP contribution in [-0.2, 0) is 0 Å². The van der Waals surface area contributed by atoms with Crippen LogP contribution in [-0.4, -0.2) is 48.2 Å². The first-order valence-corrected chi connectivity index (χ1v) is 31.6. The van der Waals surface area contributed by atoms with Crippen LogP contribution in [0, 0.1) is 0 Å². The Morgan fingerprint density at radius 2 is 0.415 bits per heavy atom. The van der Waals surface area contributed by atoms with E-state index in [9.17, 15) is 0 Å². The maximum atomic E-state index is 5.35. The SMILES string of the molecule is c1ccc(-c2nc(-c3ccccc3)nc(-n3c4ccccc4c4ccc5c6ccccc6n(-c6cccc(-c7cccc(-c8cccc(-n9c%10ccccc%10c%10ccc%11c%12ccccc%12n(-c%12nc(-c%13ccccc%13)nc(-c%13ccccc%13)n%12)c%11c%109)c8)c7)c6)c5c43)n2)cc1. The average molecular weight is 1200 g/mol. The molecule has 0 bridgehead atoms. The predicted molar refractivity (Wildman–Crippen MR) is 383 cm³/mol. The van der Waals surface area contributed by atoms with Crippen LogP contribution in [0.2, 0.25) is 0 Å². The van der Waals surface area contributed by atoms with Gasteiger partial charge in [-0.05, 0) is 76.9 Å². The Kier molecular flexibility index (Phi) is 12.0. The summed E-state index contributed by atoms with van der Waals surface area (Å²) in [7, 11) is 0. The van der Waals surface area contributed by atoms with E-state index < -0.39 is 0 Å². The Morgan fingerprint density at radius 3 is 0.734 bits per heavy atom. The van der Waals surface area contributed by atoms with Gasteiger partial charge >= 0.3 is 0 Å². The van der Waals surface area contributed by atoms with E-state index in [1.54, 1.807) is 0 Å². The first kappa shape index (κ1) is 53.0. The summed E-state index contributed by atoms with van der Waals surface area (Å²) in [4.78, 5) is 31.6. The summed E-state index contributed by atoms with van der Waals surface area (Å²) in [5, 5.41) is 8.99. The molecule has 0 amide bonds. The van der Waals surface area contributed by atoms with Crippen molar-refractivity contribution in [1.82, 2.24) is 48.2 Å². The second-order valence-electron chi connectivity index (χ2n) is 23.8. The van der Waals surface area contributed by atoms with E-state index in [1.165, 1.54) is 0 Å². The Morgan fingerprint density at radius 1 is 0.170 bits per heavy atom. The van der Waals surface area contributed by atoms with Crippen molar-refractivity contribution < 1.29 is 0 Å². The Balaban J connectivity index is 0.774. The van der Waals surface area contributed by atoms with Crippen molar-refractivity contribution in [2.24, 2.45) is 0 Å². The van der Waals surface area contributed by atoms with Crippen LogP contribution in [0.5, 0.6) is 0 Å². The van der Waals surface area contributed by atoms with Crippen molar-refractivity contribution in [2.45, 2.75) is 0 Å². The first-order valence-electron chi connectivity index (χ1n) is 31.6. The van der Waals surface area contributed by atoms with Gasteiger partial charge in [0.2, 0.25) is 11.9 Å². The first-order chi connectivity index (χ1) is 46.6. The molecule has 0 aliphatic heterocycles. The monoisotopic (exact) mass is 1200 g/mol. The topological polar surface area (TPSA) is 97.1 Å². The maximum Gasteiger partial charge on any atom is 0.238 e. The zero-order valence-corrected chi connectivity index (χ0v) is 50.5. The molecule has 0 spiro atoms. The van der Waals surface area contributed by atoms with Crippen molar-refractivity contribution in [2.75, 3.05) is 0 Å². The lowest BCUT2D eigenvalue weighted by atomic mass is 9.98. The van der Waals surface area contributed by atoms with Crippen LogP contribution in [0.25, 0.3) is 178 Å². The Labute approximate surface area is 538 Å². The number of fused-ring (bicyclic) bond motifs is 14. The van der Waals surface area contributed by atoms with Gasteiger partial charge in [-0.25, -0.2) is 9.97 Å². The van der Waals surface area contributed by atoms with Crippen LogP contribution in [0.3, 0.4) is 0 Å². The smallest absolute Gasteiger partial charge is 0.238 e. The summed E-state index contributed by atoms with van der Waals surface area (Å²) in [6, 6.07) is 111. The fourth-order valence-electron chi connectivity index (χ4n) is 14.3. The molecule has 0 aliphatic rings. The van der Waals surface area contributed by atoms with E-state index in [2.05, 4.69) is 261 Å². The number of para-hydroxylation sites is 4. The molecule has 6 aromatic heterocycles. The Hall–Kier alpha value is -12.9. The number of hydrogen-bond donors (Lipinski definition) is 0. The van der Waals surface area contributed by atoms with Crippen LogP contribution in [0.4, 0.5) is 0 Å². The number of rotatable bonds is 10. The van der Waals surface area contributed by atoms with Crippen LogP contribution in [0.1, 0.15) is 0 Å². The summed E-state index contributed by atoms with van der Waals surface area (Å²) < 4.78 is 9.38. The van der Waals surface area contributed by atoms with E-state index in [-0.39, 0.29) is 0 Å². The average Bonchev–Trinajstić information content (AvgIpc) is 1.55. The minimum absolute atomic E-state index is 0.544. The fourth-order valence-corrected chi connectivity index (χ4v) is 14.3. The highest BCUT2D eigenvalue weighted by Gasteiger charge is 2.27. The van der Waals surface area contributed by atoms with Gasteiger partial charge < -0.3 is 9.13 Å². The van der Waals surface area contributed by atoms with Gasteiger partial charge in [0.05, 0.1) is 44.1 Å². The molecule has 0 saturated carbocycles. The van der Waals surface area contributed by atoms with Gasteiger partial charge in [0.15, 0.2) is 23.3 Å². The van der Waals surface area contributed by atoms with Gasteiger partial charge in [-0.2, -0.15) is 19.9 Å². The molecule has 438 valence electrons. The summed E-state index contributed by atoms with van der Waals surface area (Å²) in [5.74, 6) is 3.50. The lowest BCUT2D eigenvalue weighted by Gasteiger charge is -2.15. The molecule has 0 saturated heterocycles. The van der Waals surface area contributed by atoms with E-state index in [0.29, 0.717) is 35.2 Å². The van der Waals surface area contributed by atoms with Crippen molar-refractivity contribution in [1.29, 1.82) is 0 Å². The largest absolute Gasteiger partial charge is 0.307 e. The zero-order valence-electron chi connectivity index (χ0n) is 50.5. The van der Waals surface area contributed by atoms with Crippen molar-refractivity contribution in [3.05, 3.63) is 315 Å². The van der Waals surface area contributed by atoms with Gasteiger partial charge in [0.25, 0.3) is 0 Å². The lowest BCUT2D eigenvalue weighted by molar-refractivity contribution is 0.953. The third-order valence-electron chi connectivity index (χ3n) is 18.5. The molecule has 13 aromatic carbocycles. The summed E-state index contributed by atoms with van der Waals surface area (Å²) in [5.41, 5.74) is 18.4. The molecule has 0 radical (unpaired) electrons. The molecule has 0 N–H and O–H groups in total. The van der Waals surface area contributed by atoms with Crippen molar-refractivity contribution >= 4 is 87.2 Å². The molecule has 10 heteroatoms. The van der Waals surface area contributed by atoms with E-state index >= 15 is 0 Å². The lowest BCUT2D eigenvalue weighted by Crippen LogP contribution is -2.07. The van der Waals surface area contributed by atoms with Gasteiger partial charge in [0.1, 0.15) is 0 Å². The number of aromatic nitrogens is 10. The molecule has 0 fully saturated rings. The molecule has 94 heavy (non-hydrogen) atoms. The molecular weight excluding hydrogens is 1150 g/mol. The minimum Gasteiger partial charge on any atom is -0.307 e. The maximum absolute atomic E-state index is 5.35. The minimum atomic E-state index is 0.544. The third kappa shape index (κ3) is 8.43. The molecule has 19 aromatic rings. The summed E-state index contributed by atoms with van der Waals surface area (Å²) >= 11 is 0. The summed E-state index contributed by atoms with van der Waals surface area (Å²) in [6.45, 7) is 0. The molecule has 6 heterocycles. The van der Waals surface area contributed by atoms with Crippen LogP contribution < -0.4 is 0 Å². The number of benzene rings is 13. The molecule has 0 aliphatic carbocycles. The molecule has 19 rings (SSSR count). The van der Waals surface area contributed by atoms with Gasteiger partial charge in [-0.3, -0.25) is 9.13 Å². The van der Waals surface area contributed by atoms with E-state index in [0.717, 1.165) is 143 Å². The quantitative estimate of drug-likeness (QED) is 0.135. The predicted octanol–water partition coefficient (Wildman–Crippen LogP) is 20.4. The highest BCUT2D eigenvalue weighted by molar-refractivity contribution is 6.25. The second-order valence-corrected chi connectivity index (χ2v) is 23.8.